The second-order valence-electron chi connectivity index (χ2n) is 5.61. The van der Waals surface area contributed by atoms with Crippen LogP contribution in [0.5, 0.6) is 0 Å². The molecule has 3 rings (SSSR count). The first-order valence-corrected chi connectivity index (χ1v) is 10.5. The molecule has 8 heteroatoms. The number of fused-ring (bicyclic) bond motifs is 1. The van der Waals surface area contributed by atoms with Crippen molar-refractivity contribution >= 4 is 37.3 Å². The third-order valence-corrected chi connectivity index (χ3v) is 6.73. The highest BCUT2D eigenvalue weighted by molar-refractivity contribution is 7.91. The summed E-state index contributed by atoms with van der Waals surface area (Å²) < 4.78 is 40.0. The lowest BCUT2D eigenvalue weighted by Crippen LogP contribution is -2.17. The number of carbonyl (C=O) groups is 1. The molecule has 1 aromatic heterocycles. The van der Waals surface area contributed by atoms with Crippen LogP contribution < -0.4 is 4.80 Å². The second kappa shape index (κ2) is 7.47. The van der Waals surface area contributed by atoms with Crippen LogP contribution in [0.15, 0.2) is 52.4 Å². The first kappa shape index (κ1) is 19.0. The summed E-state index contributed by atoms with van der Waals surface area (Å²) in [5, 5.41) is 0. The molecular formula is C19H15FN2O3S2. The van der Waals surface area contributed by atoms with E-state index in [1.807, 2.05) is 0 Å². The van der Waals surface area contributed by atoms with Gasteiger partial charge in [-0.25, -0.2) is 12.8 Å². The lowest BCUT2D eigenvalue weighted by molar-refractivity contribution is 0.0998. The first-order valence-electron chi connectivity index (χ1n) is 8.00. The zero-order valence-electron chi connectivity index (χ0n) is 14.3. The number of benzene rings is 2. The van der Waals surface area contributed by atoms with Gasteiger partial charge in [-0.1, -0.05) is 30.2 Å². The van der Waals surface area contributed by atoms with Gasteiger partial charge in [0.05, 0.1) is 27.4 Å². The average molecular weight is 402 g/mol. The van der Waals surface area contributed by atoms with Crippen LogP contribution in [0.4, 0.5) is 4.39 Å². The molecule has 5 nitrogen and oxygen atoms in total. The summed E-state index contributed by atoms with van der Waals surface area (Å²) in [5.74, 6) is 1.41. The van der Waals surface area contributed by atoms with Crippen molar-refractivity contribution < 1.29 is 17.6 Å². The number of nitrogens with zero attached hydrogens (tertiary/aromatic N) is 2. The Morgan fingerprint density at radius 2 is 1.96 bits per heavy atom. The van der Waals surface area contributed by atoms with Crippen LogP contribution in [0.25, 0.3) is 10.2 Å². The van der Waals surface area contributed by atoms with Crippen molar-refractivity contribution in [1.82, 2.24) is 4.57 Å². The number of halogens is 1. The van der Waals surface area contributed by atoms with Crippen LogP contribution in [0.2, 0.25) is 0 Å². The van der Waals surface area contributed by atoms with E-state index in [0.717, 1.165) is 11.3 Å². The van der Waals surface area contributed by atoms with Crippen molar-refractivity contribution in [1.29, 1.82) is 0 Å². The van der Waals surface area contributed by atoms with Crippen molar-refractivity contribution in [3.63, 3.8) is 0 Å². The molecule has 2 aromatic carbocycles. The van der Waals surface area contributed by atoms with Gasteiger partial charge in [-0.2, -0.15) is 4.99 Å². The monoisotopic (exact) mass is 402 g/mol. The maximum Gasteiger partial charge on any atom is 0.279 e. The molecule has 0 atom stereocenters. The van der Waals surface area contributed by atoms with Crippen molar-refractivity contribution in [2.45, 2.75) is 18.4 Å². The molecule has 1 heterocycles. The van der Waals surface area contributed by atoms with Crippen molar-refractivity contribution in [2.24, 2.45) is 4.99 Å². The molecule has 0 aliphatic carbocycles. The molecule has 0 bridgehead atoms. The molecule has 3 aromatic rings. The van der Waals surface area contributed by atoms with Gasteiger partial charge in [0.2, 0.25) is 0 Å². The number of amides is 1. The number of carbonyl (C=O) groups excluding carboxylic acids is 1. The highest BCUT2D eigenvalue weighted by Gasteiger charge is 2.14. The Kier molecular flexibility index (Phi) is 5.26. The van der Waals surface area contributed by atoms with Crippen molar-refractivity contribution in [3.8, 4) is 12.3 Å². The molecule has 27 heavy (non-hydrogen) atoms. The lowest BCUT2D eigenvalue weighted by atomic mass is 10.2. The molecule has 0 aliphatic heterocycles. The number of hydrogen-bond donors (Lipinski definition) is 0. The number of aromatic nitrogens is 1. The maximum atomic E-state index is 14.2. The van der Waals surface area contributed by atoms with Gasteiger partial charge < -0.3 is 4.57 Å². The van der Waals surface area contributed by atoms with E-state index in [4.69, 9.17) is 6.42 Å². The number of terminal acetylenes is 1. The Balaban J connectivity index is 2.07. The summed E-state index contributed by atoms with van der Waals surface area (Å²) in [5.41, 5.74) is 0.534. The third kappa shape index (κ3) is 3.70. The van der Waals surface area contributed by atoms with Gasteiger partial charge in [-0.15, -0.1) is 6.42 Å². The fraction of sp³-hybridized carbons (Fsp3) is 0.158. The molecule has 0 saturated carbocycles. The highest BCUT2D eigenvalue weighted by atomic mass is 32.2. The Morgan fingerprint density at radius 1 is 1.26 bits per heavy atom. The Hall–Kier alpha value is -2.76. The van der Waals surface area contributed by atoms with Crippen LogP contribution in [0.3, 0.4) is 0 Å². The normalized spacial score (nSPS) is 12.3. The van der Waals surface area contributed by atoms with E-state index in [2.05, 4.69) is 10.9 Å². The average Bonchev–Trinajstić information content (AvgIpc) is 3.00. The molecule has 0 saturated heterocycles. The number of sulfone groups is 1. The molecule has 0 fully saturated rings. The van der Waals surface area contributed by atoms with Crippen molar-refractivity contribution in [2.75, 3.05) is 5.75 Å². The Bertz CT molecular complexity index is 1230. The van der Waals surface area contributed by atoms with Crippen LogP contribution in [0.1, 0.15) is 17.3 Å². The minimum Gasteiger partial charge on any atom is -0.302 e. The van der Waals surface area contributed by atoms with Gasteiger partial charge in [0, 0.05) is 5.56 Å². The fourth-order valence-electron chi connectivity index (χ4n) is 2.53. The first-order chi connectivity index (χ1) is 12.9. The van der Waals surface area contributed by atoms with E-state index < -0.39 is 21.6 Å². The molecule has 0 unspecified atom stereocenters. The van der Waals surface area contributed by atoms with Gasteiger partial charge in [0.15, 0.2) is 14.6 Å². The summed E-state index contributed by atoms with van der Waals surface area (Å²) in [7, 11) is -3.34. The number of hydrogen-bond acceptors (Lipinski definition) is 4. The van der Waals surface area contributed by atoms with Gasteiger partial charge in [-0.05, 0) is 36.4 Å². The number of para-hydroxylation sites is 1. The molecule has 0 radical (unpaired) electrons. The van der Waals surface area contributed by atoms with Crippen LogP contribution >= 0.6 is 11.3 Å². The number of rotatable bonds is 4. The molecule has 1 amide bonds. The summed E-state index contributed by atoms with van der Waals surface area (Å²) in [6.45, 7) is 1.62. The fourth-order valence-corrected chi connectivity index (χ4v) is 4.46. The minimum atomic E-state index is -3.34. The van der Waals surface area contributed by atoms with E-state index in [9.17, 15) is 17.6 Å². The lowest BCUT2D eigenvalue weighted by Gasteiger charge is -2.02. The maximum absolute atomic E-state index is 14.2. The van der Waals surface area contributed by atoms with Gasteiger partial charge in [0.1, 0.15) is 5.82 Å². The van der Waals surface area contributed by atoms with Gasteiger partial charge in [0.25, 0.3) is 5.91 Å². The van der Waals surface area contributed by atoms with Crippen molar-refractivity contribution in [3.05, 3.63) is 58.6 Å². The SMILES string of the molecule is C#CCn1c(=NC(=O)c2ccc(S(=O)(=O)CC)cc2)sc2cccc(F)c21. The van der Waals surface area contributed by atoms with E-state index in [-0.39, 0.29) is 27.6 Å². The van der Waals surface area contributed by atoms with E-state index in [1.165, 1.54) is 34.9 Å². The molecule has 0 spiro atoms. The zero-order chi connectivity index (χ0) is 19.6. The molecule has 0 aliphatic rings. The summed E-state index contributed by atoms with van der Waals surface area (Å²) in [6.07, 6.45) is 5.37. The van der Waals surface area contributed by atoms with Crippen LogP contribution in [0, 0.1) is 18.2 Å². The largest absolute Gasteiger partial charge is 0.302 e. The topological polar surface area (TPSA) is 68.5 Å². The summed E-state index contributed by atoms with van der Waals surface area (Å²) in [6, 6.07) is 10.2. The molecule has 0 N–H and O–H groups in total. The highest BCUT2D eigenvalue weighted by Crippen LogP contribution is 2.20. The van der Waals surface area contributed by atoms with Gasteiger partial charge in [-0.3, -0.25) is 4.79 Å². The third-order valence-electron chi connectivity index (χ3n) is 3.94. The summed E-state index contributed by atoms with van der Waals surface area (Å²) in [4.78, 5) is 17.0. The smallest absolute Gasteiger partial charge is 0.279 e. The predicted molar refractivity (Wildman–Crippen MR) is 103 cm³/mol. The summed E-state index contributed by atoms with van der Waals surface area (Å²) >= 11 is 1.16. The molecular weight excluding hydrogens is 387 g/mol. The Morgan fingerprint density at radius 3 is 2.59 bits per heavy atom. The predicted octanol–water partition coefficient (Wildman–Crippen LogP) is 3.01. The number of thiazole rings is 1. The van der Waals surface area contributed by atoms with E-state index >= 15 is 0 Å². The molecule has 138 valence electrons. The Labute approximate surface area is 159 Å². The quantitative estimate of drug-likeness (QED) is 0.630. The van der Waals surface area contributed by atoms with Crippen LogP contribution in [-0.2, 0) is 16.4 Å². The van der Waals surface area contributed by atoms with E-state index in [1.54, 1.807) is 19.1 Å². The van der Waals surface area contributed by atoms with E-state index in [0.29, 0.717) is 10.2 Å². The minimum absolute atomic E-state index is 0.0237. The van der Waals surface area contributed by atoms with Gasteiger partial charge >= 0.3 is 0 Å². The van der Waals surface area contributed by atoms with Crippen LogP contribution in [-0.4, -0.2) is 24.6 Å². The second-order valence-corrected chi connectivity index (χ2v) is 8.89. The zero-order valence-corrected chi connectivity index (χ0v) is 16.0. The standard InChI is InChI=1S/C19H15FN2O3S2/c1-3-12-22-17-15(20)6-5-7-16(17)26-19(22)21-18(23)13-8-10-14(11-9-13)27(24,25)4-2/h1,5-11H,4,12H2,2H3.